The third-order valence-electron chi connectivity index (χ3n) is 4.93. The van der Waals surface area contributed by atoms with Crippen molar-refractivity contribution in [1.82, 2.24) is 10.6 Å². The number of amides is 2. The Kier molecular flexibility index (Phi) is 5.84. The van der Waals surface area contributed by atoms with Gasteiger partial charge in [0.1, 0.15) is 0 Å². The van der Waals surface area contributed by atoms with Crippen molar-refractivity contribution in [3.05, 3.63) is 83.9 Å². The predicted octanol–water partition coefficient (Wildman–Crippen LogP) is 3.55. The van der Waals surface area contributed by atoms with E-state index in [9.17, 15) is 9.59 Å². The van der Waals surface area contributed by atoms with Crippen LogP contribution < -0.4 is 10.6 Å². The second kappa shape index (κ2) is 8.48. The first kappa shape index (κ1) is 17.9. The lowest BCUT2D eigenvalue weighted by molar-refractivity contribution is -0.116. The van der Waals surface area contributed by atoms with E-state index in [0.29, 0.717) is 18.0 Å². The molecule has 1 aliphatic carbocycles. The SMILES string of the molecule is C=CC(=O)NCc1ccc(C(=O)NC2CCCC2c2ccccc2)cc1. The zero-order chi connectivity index (χ0) is 18.4. The summed E-state index contributed by atoms with van der Waals surface area (Å²) in [6.07, 6.45) is 4.49. The van der Waals surface area contributed by atoms with E-state index < -0.39 is 0 Å². The number of benzene rings is 2. The van der Waals surface area contributed by atoms with Crippen molar-refractivity contribution < 1.29 is 9.59 Å². The molecule has 1 saturated carbocycles. The van der Waals surface area contributed by atoms with Crippen molar-refractivity contribution >= 4 is 11.8 Å². The van der Waals surface area contributed by atoms with Crippen molar-refractivity contribution in [3.63, 3.8) is 0 Å². The van der Waals surface area contributed by atoms with E-state index in [1.165, 1.54) is 11.6 Å². The number of nitrogens with one attached hydrogen (secondary N) is 2. The molecule has 0 spiro atoms. The number of rotatable bonds is 6. The molecule has 2 atom stereocenters. The molecule has 0 aromatic heterocycles. The third-order valence-corrected chi connectivity index (χ3v) is 4.93. The van der Waals surface area contributed by atoms with Crippen molar-refractivity contribution in [2.75, 3.05) is 0 Å². The summed E-state index contributed by atoms with van der Waals surface area (Å²) in [6, 6.07) is 17.9. The van der Waals surface area contributed by atoms with Crippen LogP contribution in [0.25, 0.3) is 0 Å². The smallest absolute Gasteiger partial charge is 0.251 e. The Morgan fingerprint density at radius 2 is 1.77 bits per heavy atom. The monoisotopic (exact) mass is 348 g/mol. The van der Waals surface area contributed by atoms with Gasteiger partial charge in [-0.3, -0.25) is 9.59 Å². The first-order valence-corrected chi connectivity index (χ1v) is 9.02. The molecular weight excluding hydrogens is 324 g/mol. The molecule has 2 aromatic rings. The van der Waals surface area contributed by atoms with Crippen LogP contribution in [0.1, 0.15) is 46.7 Å². The zero-order valence-electron chi connectivity index (χ0n) is 14.8. The summed E-state index contributed by atoms with van der Waals surface area (Å²) in [5, 5.41) is 5.92. The minimum Gasteiger partial charge on any atom is -0.349 e. The molecule has 2 unspecified atom stereocenters. The molecule has 4 nitrogen and oxygen atoms in total. The van der Waals surface area contributed by atoms with Gasteiger partial charge in [0.2, 0.25) is 5.91 Å². The number of hydrogen-bond acceptors (Lipinski definition) is 2. The van der Waals surface area contributed by atoms with Gasteiger partial charge in [0.15, 0.2) is 0 Å². The van der Waals surface area contributed by atoms with Crippen LogP contribution in [0.15, 0.2) is 67.3 Å². The lowest BCUT2D eigenvalue weighted by Crippen LogP contribution is -2.36. The third kappa shape index (κ3) is 4.39. The van der Waals surface area contributed by atoms with Crippen molar-refractivity contribution in [2.45, 2.75) is 37.8 Å². The molecule has 4 heteroatoms. The van der Waals surface area contributed by atoms with Gasteiger partial charge in [-0.2, -0.15) is 0 Å². The maximum absolute atomic E-state index is 12.6. The molecule has 0 radical (unpaired) electrons. The fourth-order valence-corrected chi connectivity index (χ4v) is 3.52. The van der Waals surface area contributed by atoms with Crippen molar-refractivity contribution in [3.8, 4) is 0 Å². The first-order valence-electron chi connectivity index (χ1n) is 9.02. The Bertz CT molecular complexity index is 768. The fourth-order valence-electron chi connectivity index (χ4n) is 3.52. The van der Waals surface area contributed by atoms with Crippen LogP contribution in [0, 0.1) is 0 Å². The summed E-state index contributed by atoms with van der Waals surface area (Å²) in [6.45, 7) is 3.84. The summed E-state index contributed by atoms with van der Waals surface area (Å²) < 4.78 is 0. The van der Waals surface area contributed by atoms with E-state index in [-0.39, 0.29) is 17.9 Å². The molecule has 0 bridgehead atoms. The normalized spacial score (nSPS) is 18.9. The van der Waals surface area contributed by atoms with Gasteiger partial charge in [-0.1, -0.05) is 55.5 Å². The Morgan fingerprint density at radius 1 is 1.04 bits per heavy atom. The van der Waals surface area contributed by atoms with E-state index in [0.717, 1.165) is 24.8 Å². The maximum atomic E-state index is 12.6. The van der Waals surface area contributed by atoms with Crippen LogP contribution in [0.2, 0.25) is 0 Å². The molecule has 2 aromatic carbocycles. The molecule has 3 rings (SSSR count). The minimum absolute atomic E-state index is 0.0421. The van der Waals surface area contributed by atoms with Crippen LogP contribution >= 0.6 is 0 Å². The molecule has 1 fully saturated rings. The zero-order valence-corrected chi connectivity index (χ0v) is 14.8. The number of carbonyl (C=O) groups is 2. The summed E-state index contributed by atoms with van der Waals surface area (Å²) in [5.41, 5.74) is 2.88. The Hall–Kier alpha value is -2.88. The van der Waals surface area contributed by atoms with E-state index >= 15 is 0 Å². The average molecular weight is 348 g/mol. The summed E-state index contributed by atoms with van der Waals surface area (Å²) in [4.78, 5) is 23.8. The van der Waals surface area contributed by atoms with Crippen molar-refractivity contribution in [1.29, 1.82) is 0 Å². The first-order chi connectivity index (χ1) is 12.7. The van der Waals surface area contributed by atoms with E-state index in [1.807, 2.05) is 18.2 Å². The second-order valence-corrected chi connectivity index (χ2v) is 6.65. The summed E-state index contributed by atoms with van der Waals surface area (Å²) in [5.74, 6) is 0.132. The van der Waals surface area contributed by atoms with Gasteiger partial charge in [0.05, 0.1) is 0 Å². The molecule has 0 aliphatic heterocycles. The van der Waals surface area contributed by atoms with E-state index in [1.54, 1.807) is 12.1 Å². The molecule has 0 saturated heterocycles. The topological polar surface area (TPSA) is 58.2 Å². The van der Waals surface area contributed by atoms with Crippen LogP contribution in [0.5, 0.6) is 0 Å². The molecule has 2 amide bonds. The standard InChI is InChI=1S/C22H24N2O2/c1-2-21(25)23-15-16-11-13-18(14-12-16)22(26)24-20-10-6-9-19(20)17-7-4-3-5-8-17/h2-5,7-8,11-14,19-20H,1,6,9-10,15H2,(H,23,25)(H,24,26). The Morgan fingerprint density at radius 3 is 2.46 bits per heavy atom. The molecule has 26 heavy (non-hydrogen) atoms. The van der Waals surface area contributed by atoms with Gasteiger partial charge < -0.3 is 10.6 Å². The highest BCUT2D eigenvalue weighted by molar-refractivity contribution is 5.94. The van der Waals surface area contributed by atoms with Gasteiger partial charge >= 0.3 is 0 Å². The van der Waals surface area contributed by atoms with Gasteiger partial charge in [-0.05, 0) is 42.2 Å². The van der Waals surface area contributed by atoms with Crippen LogP contribution in [0.3, 0.4) is 0 Å². The Balaban J connectivity index is 1.60. The molecule has 0 heterocycles. The number of hydrogen-bond donors (Lipinski definition) is 2. The molecule has 1 aliphatic rings. The van der Waals surface area contributed by atoms with Crippen LogP contribution in [0.4, 0.5) is 0 Å². The highest BCUT2D eigenvalue weighted by Crippen LogP contribution is 2.34. The second-order valence-electron chi connectivity index (χ2n) is 6.65. The van der Waals surface area contributed by atoms with Gasteiger partial charge in [0, 0.05) is 24.1 Å². The predicted molar refractivity (Wildman–Crippen MR) is 103 cm³/mol. The highest BCUT2D eigenvalue weighted by atomic mass is 16.2. The van der Waals surface area contributed by atoms with Crippen molar-refractivity contribution in [2.24, 2.45) is 0 Å². The lowest BCUT2D eigenvalue weighted by atomic mass is 9.94. The summed E-state index contributed by atoms with van der Waals surface area (Å²) >= 11 is 0. The molecule has 134 valence electrons. The Labute approximate surface area is 154 Å². The maximum Gasteiger partial charge on any atom is 0.251 e. The summed E-state index contributed by atoms with van der Waals surface area (Å²) in [7, 11) is 0. The van der Waals surface area contributed by atoms with Crippen LogP contribution in [-0.2, 0) is 11.3 Å². The quantitative estimate of drug-likeness (QED) is 0.784. The largest absolute Gasteiger partial charge is 0.349 e. The van der Waals surface area contributed by atoms with E-state index in [2.05, 4.69) is 41.5 Å². The molecule has 2 N–H and O–H groups in total. The molecular formula is C22H24N2O2. The minimum atomic E-state index is -0.208. The van der Waals surface area contributed by atoms with E-state index in [4.69, 9.17) is 0 Å². The average Bonchev–Trinajstić information content (AvgIpc) is 3.15. The fraction of sp³-hybridized carbons (Fsp3) is 0.273. The number of carbonyl (C=O) groups excluding carboxylic acids is 2. The van der Waals surface area contributed by atoms with Gasteiger partial charge in [0.25, 0.3) is 5.91 Å². The lowest BCUT2D eigenvalue weighted by Gasteiger charge is -2.21. The van der Waals surface area contributed by atoms with Gasteiger partial charge in [-0.25, -0.2) is 0 Å². The van der Waals surface area contributed by atoms with Crippen LogP contribution in [-0.4, -0.2) is 17.9 Å². The highest BCUT2D eigenvalue weighted by Gasteiger charge is 2.29. The van der Waals surface area contributed by atoms with Gasteiger partial charge in [-0.15, -0.1) is 0 Å².